The van der Waals surface area contributed by atoms with Crippen molar-refractivity contribution >= 4 is 33.2 Å². The third-order valence-corrected chi connectivity index (χ3v) is 4.05. The summed E-state index contributed by atoms with van der Waals surface area (Å²) in [5, 5.41) is 3.92. The van der Waals surface area contributed by atoms with E-state index in [-0.39, 0.29) is 0 Å². The number of halogens is 2. The summed E-state index contributed by atoms with van der Waals surface area (Å²) >= 11 is 8.92. The molecule has 26 heavy (non-hydrogen) atoms. The molecule has 0 aliphatic rings. The van der Waals surface area contributed by atoms with Gasteiger partial charge in [0.05, 0.1) is 16.3 Å². The van der Waals surface area contributed by atoms with Crippen LogP contribution in [-0.2, 0) is 11.3 Å². The van der Waals surface area contributed by atoms with Crippen molar-refractivity contribution in [3.8, 4) is 11.5 Å². The lowest BCUT2D eigenvalue weighted by molar-refractivity contribution is 0.138. The third kappa shape index (κ3) is 9.48. The summed E-state index contributed by atoms with van der Waals surface area (Å²) in [5.41, 5.74) is 3.18. The summed E-state index contributed by atoms with van der Waals surface area (Å²) in [6.45, 7) is 9.80. The average Bonchev–Trinajstić information content (AvgIpc) is 2.57. The maximum absolute atomic E-state index is 6.04. The van der Waals surface area contributed by atoms with Gasteiger partial charge in [-0.1, -0.05) is 23.7 Å². The molecule has 0 saturated heterocycles. The quantitative estimate of drug-likeness (QED) is 0.213. The summed E-state index contributed by atoms with van der Waals surface area (Å²) in [6.07, 6.45) is 5.69. The molecule has 1 aromatic rings. The Morgan fingerprint density at radius 1 is 1.15 bits per heavy atom. The molecule has 0 aromatic heterocycles. The first-order chi connectivity index (χ1) is 12.4. The highest BCUT2D eigenvalue weighted by Gasteiger charge is 2.09. The number of ether oxygens (including phenoxy) is 2. The van der Waals surface area contributed by atoms with Crippen molar-refractivity contribution in [3.05, 3.63) is 33.3 Å². The van der Waals surface area contributed by atoms with Crippen LogP contribution in [0.1, 0.15) is 51.2 Å². The van der Waals surface area contributed by atoms with Gasteiger partial charge >= 0.3 is 0 Å². The van der Waals surface area contributed by atoms with Crippen molar-refractivity contribution in [2.45, 2.75) is 53.4 Å². The van der Waals surface area contributed by atoms with Crippen molar-refractivity contribution in [1.29, 1.82) is 0 Å². The van der Waals surface area contributed by atoms with Crippen LogP contribution in [0.2, 0.25) is 0 Å². The van der Waals surface area contributed by atoms with Crippen molar-refractivity contribution in [2.24, 2.45) is 5.16 Å². The van der Waals surface area contributed by atoms with Gasteiger partial charge in [-0.15, -0.1) is 0 Å². The molecular formula is C20H29BrClNO3. The summed E-state index contributed by atoms with van der Waals surface area (Å²) in [5.74, 6) is 1.80. The van der Waals surface area contributed by atoms with Crippen molar-refractivity contribution in [1.82, 2.24) is 0 Å². The number of hydrogen-bond donors (Lipinski definition) is 0. The van der Waals surface area contributed by atoms with Gasteiger partial charge in [-0.25, -0.2) is 0 Å². The molecule has 1 aromatic carbocycles. The van der Waals surface area contributed by atoms with Crippen LogP contribution in [0.4, 0.5) is 0 Å². The van der Waals surface area contributed by atoms with Gasteiger partial charge in [0.2, 0.25) is 0 Å². The van der Waals surface area contributed by atoms with Gasteiger partial charge in [0.15, 0.2) is 0 Å². The molecule has 0 N–H and O–H groups in total. The molecule has 6 heteroatoms. The zero-order valence-corrected chi connectivity index (χ0v) is 18.5. The molecule has 0 radical (unpaired) electrons. The van der Waals surface area contributed by atoms with Crippen LogP contribution in [0, 0.1) is 6.92 Å². The number of benzene rings is 1. The Labute approximate surface area is 170 Å². The first kappa shape index (κ1) is 22.8. The predicted molar refractivity (Wildman–Crippen MR) is 113 cm³/mol. The second-order valence-electron chi connectivity index (χ2n) is 6.17. The minimum atomic E-state index is 0.427. The summed E-state index contributed by atoms with van der Waals surface area (Å²) in [4.78, 5) is 5.19. The molecule has 4 nitrogen and oxygen atoms in total. The Kier molecular flexibility index (Phi) is 11.5. The van der Waals surface area contributed by atoms with Gasteiger partial charge in [-0.2, -0.15) is 0 Å². The lowest BCUT2D eigenvalue weighted by Crippen LogP contribution is -2.04. The Morgan fingerprint density at radius 3 is 2.54 bits per heavy atom. The van der Waals surface area contributed by atoms with Crippen molar-refractivity contribution in [2.75, 3.05) is 19.8 Å². The fraction of sp³-hybridized carbons (Fsp3) is 0.550. The Morgan fingerprint density at radius 2 is 1.88 bits per heavy atom. The number of aryl methyl sites for hydroxylation is 2. The number of unbranched alkanes of at least 4 members (excludes halogenated alkanes) is 2. The molecule has 0 aliphatic carbocycles. The molecule has 0 saturated carbocycles. The zero-order chi connectivity index (χ0) is 19.4. The van der Waals surface area contributed by atoms with Crippen LogP contribution in [-0.4, -0.2) is 25.5 Å². The highest BCUT2D eigenvalue weighted by atomic mass is 79.9. The smallest absolute Gasteiger partial charge is 0.125 e. The molecule has 146 valence electrons. The first-order valence-corrected chi connectivity index (χ1v) is 10.1. The van der Waals surface area contributed by atoms with Gasteiger partial charge in [0.1, 0.15) is 24.7 Å². The molecule has 0 amide bonds. The van der Waals surface area contributed by atoms with Crippen LogP contribution < -0.4 is 9.47 Å². The van der Waals surface area contributed by atoms with E-state index in [0.29, 0.717) is 23.8 Å². The lowest BCUT2D eigenvalue weighted by atomic mass is 10.1. The van der Waals surface area contributed by atoms with Gasteiger partial charge < -0.3 is 14.3 Å². The van der Waals surface area contributed by atoms with E-state index in [2.05, 4.69) is 28.0 Å². The van der Waals surface area contributed by atoms with Gasteiger partial charge in [0, 0.05) is 0 Å². The molecule has 0 heterocycles. The van der Waals surface area contributed by atoms with E-state index in [9.17, 15) is 0 Å². The predicted octanol–water partition coefficient (Wildman–Crippen LogP) is 6.37. The molecule has 0 aliphatic heterocycles. The zero-order valence-electron chi connectivity index (χ0n) is 16.1. The Balaban J connectivity index is 2.46. The maximum Gasteiger partial charge on any atom is 0.125 e. The summed E-state index contributed by atoms with van der Waals surface area (Å²) in [6, 6.07) is 4.04. The topological polar surface area (TPSA) is 40.0 Å². The van der Waals surface area contributed by atoms with Crippen LogP contribution in [0.15, 0.2) is 27.3 Å². The van der Waals surface area contributed by atoms with Crippen LogP contribution >= 0.6 is 27.5 Å². The maximum atomic E-state index is 6.04. The molecule has 0 fully saturated rings. The third-order valence-electron chi connectivity index (χ3n) is 3.57. The van der Waals surface area contributed by atoms with E-state index in [1.165, 1.54) is 0 Å². The SMILES string of the molecule is CCc1cc(OC/C=C(/Cl)Br)cc(C)c1OCCCCCON=C(C)C. The fourth-order valence-electron chi connectivity index (χ4n) is 2.36. The highest BCUT2D eigenvalue weighted by molar-refractivity contribution is 9.12. The standard InChI is InChI=1S/C20H29BrClNO3/c1-5-17-14-18(24-12-9-19(21)22)13-16(4)20(17)25-10-7-6-8-11-26-23-15(2)3/h9,13-14H,5-8,10-12H2,1-4H3/b19-9+. The van der Waals surface area contributed by atoms with E-state index in [0.717, 1.165) is 54.0 Å². The molecule has 0 unspecified atom stereocenters. The Bertz CT molecular complexity index is 609. The number of rotatable bonds is 12. The second-order valence-corrected chi connectivity index (χ2v) is 7.89. The van der Waals surface area contributed by atoms with Crippen LogP contribution in [0.25, 0.3) is 0 Å². The minimum absolute atomic E-state index is 0.427. The van der Waals surface area contributed by atoms with E-state index in [4.69, 9.17) is 25.9 Å². The first-order valence-electron chi connectivity index (χ1n) is 8.97. The minimum Gasteiger partial charge on any atom is -0.493 e. The van der Waals surface area contributed by atoms with Gasteiger partial charge in [-0.05, 0) is 91.7 Å². The van der Waals surface area contributed by atoms with E-state index in [1.54, 1.807) is 6.08 Å². The average molecular weight is 447 g/mol. The molecule has 0 atom stereocenters. The largest absolute Gasteiger partial charge is 0.493 e. The number of oxime groups is 1. The van der Waals surface area contributed by atoms with E-state index in [1.807, 2.05) is 32.9 Å². The normalized spacial score (nSPS) is 11.2. The van der Waals surface area contributed by atoms with Gasteiger partial charge in [-0.3, -0.25) is 0 Å². The number of nitrogens with zero attached hydrogens (tertiary/aromatic N) is 1. The van der Waals surface area contributed by atoms with E-state index < -0.39 is 0 Å². The summed E-state index contributed by atoms with van der Waals surface area (Å²) in [7, 11) is 0. The van der Waals surface area contributed by atoms with Crippen molar-refractivity contribution < 1.29 is 14.3 Å². The molecule has 0 bridgehead atoms. The second kappa shape index (κ2) is 13.0. The van der Waals surface area contributed by atoms with Gasteiger partial charge in [0.25, 0.3) is 0 Å². The summed E-state index contributed by atoms with van der Waals surface area (Å²) < 4.78 is 12.3. The van der Waals surface area contributed by atoms with Crippen LogP contribution in [0.3, 0.4) is 0 Å². The van der Waals surface area contributed by atoms with E-state index >= 15 is 0 Å². The fourth-order valence-corrected chi connectivity index (χ4v) is 2.55. The van der Waals surface area contributed by atoms with Crippen molar-refractivity contribution in [3.63, 3.8) is 0 Å². The molecular weight excluding hydrogens is 418 g/mol. The highest BCUT2D eigenvalue weighted by Crippen LogP contribution is 2.30. The monoisotopic (exact) mass is 445 g/mol. The lowest BCUT2D eigenvalue weighted by Gasteiger charge is -2.15. The van der Waals surface area contributed by atoms with Crippen LogP contribution in [0.5, 0.6) is 11.5 Å². The Hall–Kier alpha value is -1.20. The number of hydrogen-bond acceptors (Lipinski definition) is 4. The molecule has 1 rings (SSSR count). The molecule has 0 spiro atoms.